The molecule has 0 radical (unpaired) electrons. The maximum absolute atomic E-state index is 10.3. The summed E-state index contributed by atoms with van der Waals surface area (Å²) in [6.45, 7) is 0.639. The summed E-state index contributed by atoms with van der Waals surface area (Å²) >= 11 is 0. The number of benzene rings is 1. The quantitative estimate of drug-likeness (QED) is 0.264. The van der Waals surface area contributed by atoms with Gasteiger partial charge in [0.1, 0.15) is 0 Å². The van der Waals surface area contributed by atoms with Crippen molar-refractivity contribution in [2.45, 2.75) is 38.5 Å². The first kappa shape index (κ1) is 29.3. The largest absolute Gasteiger partial charge is 0.478 e. The van der Waals surface area contributed by atoms with Crippen LogP contribution in [0.5, 0.6) is 0 Å². The van der Waals surface area contributed by atoms with E-state index < -0.39 is 23.9 Å². The van der Waals surface area contributed by atoms with Crippen LogP contribution in [0.15, 0.2) is 40.8 Å². The van der Waals surface area contributed by atoms with Gasteiger partial charge in [-0.05, 0) is 49.2 Å². The maximum atomic E-state index is 10.3. The maximum Gasteiger partial charge on any atom is 0.371 e. The molecule has 11 nitrogen and oxygen atoms in total. The number of aromatic carboxylic acids is 4. The highest BCUT2D eigenvalue weighted by molar-refractivity contribution is 5.91. The van der Waals surface area contributed by atoms with E-state index in [1.807, 2.05) is 0 Å². The fourth-order valence-electron chi connectivity index (χ4n) is 2.25. The zero-order valence-corrected chi connectivity index (χ0v) is 17.8. The number of carbonyl (C=O) groups is 4. The fourth-order valence-corrected chi connectivity index (χ4v) is 2.25. The van der Waals surface area contributed by atoms with E-state index in [-0.39, 0.29) is 22.6 Å². The lowest BCUT2D eigenvalue weighted by atomic mass is 10.1. The third-order valence-electron chi connectivity index (χ3n) is 3.97. The molecule has 0 aliphatic rings. The third-order valence-corrected chi connectivity index (χ3v) is 3.97. The zero-order valence-electron chi connectivity index (χ0n) is 17.8. The first-order valence-corrected chi connectivity index (χ1v) is 9.98. The van der Waals surface area contributed by atoms with Gasteiger partial charge in [0.05, 0.1) is 11.1 Å². The molecule has 0 fully saturated rings. The molecule has 6 N–H and O–H groups in total. The number of aliphatic hydroxyl groups excluding tert-OH is 2. The van der Waals surface area contributed by atoms with Crippen LogP contribution in [0, 0.1) is 0 Å². The number of rotatable bonds is 11. The average Bonchev–Trinajstić information content (AvgIpc) is 3.28. The molecule has 11 heteroatoms. The Bertz CT molecular complexity index is 799. The molecular formula is C22H28O11. The molecular weight excluding hydrogens is 440 g/mol. The molecule has 0 atom stereocenters. The smallest absolute Gasteiger partial charge is 0.371 e. The van der Waals surface area contributed by atoms with Crippen molar-refractivity contribution >= 4 is 23.9 Å². The van der Waals surface area contributed by atoms with Crippen molar-refractivity contribution in [1.82, 2.24) is 0 Å². The van der Waals surface area contributed by atoms with Crippen molar-refractivity contribution < 1.29 is 54.2 Å². The Morgan fingerprint density at radius 1 is 0.515 bits per heavy atom. The van der Waals surface area contributed by atoms with Gasteiger partial charge in [-0.3, -0.25) is 0 Å². The minimum Gasteiger partial charge on any atom is -0.478 e. The van der Waals surface area contributed by atoms with E-state index in [0.717, 1.165) is 37.8 Å². The van der Waals surface area contributed by atoms with Crippen LogP contribution < -0.4 is 0 Å². The Kier molecular flexibility index (Phi) is 15.0. The van der Waals surface area contributed by atoms with Crippen molar-refractivity contribution in [1.29, 1.82) is 0 Å². The number of carboxylic acids is 4. The van der Waals surface area contributed by atoms with E-state index >= 15 is 0 Å². The van der Waals surface area contributed by atoms with Crippen molar-refractivity contribution in [2.24, 2.45) is 0 Å². The molecule has 1 aromatic heterocycles. The summed E-state index contributed by atoms with van der Waals surface area (Å²) < 4.78 is 4.41. The molecule has 0 spiro atoms. The van der Waals surface area contributed by atoms with Gasteiger partial charge in [-0.25, -0.2) is 19.2 Å². The van der Waals surface area contributed by atoms with Crippen LogP contribution in [0.1, 0.15) is 80.4 Å². The Morgan fingerprint density at radius 3 is 1.03 bits per heavy atom. The molecule has 0 aliphatic heterocycles. The Hall–Kier alpha value is -3.70. The van der Waals surface area contributed by atoms with Gasteiger partial charge in [0.2, 0.25) is 11.5 Å². The summed E-state index contributed by atoms with van der Waals surface area (Å²) in [4.78, 5) is 41.0. The number of unbranched alkanes of at least 4 members (excludes halogenated alkanes) is 5. The van der Waals surface area contributed by atoms with Crippen LogP contribution in [0.2, 0.25) is 0 Å². The van der Waals surface area contributed by atoms with Gasteiger partial charge in [0.15, 0.2) is 0 Å². The highest BCUT2D eigenvalue weighted by atomic mass is 16.4. The second kappa shape index (κ2) is 16.9. The lowest BCUT2D eigenvalue weighted by Gasteiger charge is -1.97. The third kappa shape index (κ3) is 13.3. The van der Waals surface area contributed by atoms with Crippen LogP contribution in [-0.4, -0.2) is 67.7 Å². The first-order chi connectivity index (χ1) is 15.6. The van der Waals surface area contributed by atoms with Gasteiger partial charge in [-0.15, -0.1) is 0 Å². The van der Waals surface area contributed by atoms with E-state index in [0.29, 0.717) is 13.2 Å². The standard InChI is InChI=1S/C8H6O4.C8H18O2.C6H4O5/c9-7(10)5-1-2-6(4-3-5)8(11)12;9-7-5-3-1-2-4-6-8-10;7-5(8)3-1-2-4(11-3)6(9)10/h1-4H,(H,9,10)(H,11,12);9-10H,1-8H2;1-2H,(H,7,8)(H,9,10). The van der Waals surface area contributed by atoms with Crippen molar-refractivity contribution in [3.63, 3.8) is 0 Å². The lowest BCUT2D eigenvalue weighted by molar-refractivity contribution is 0.0626. The van der Waals surface area contributed by atoms with Crippen LogP contribution in [0.25, 0.3) is 0 Å². The summed E-state index contributed by atoms with van der Waals surface area (Å²) in [7, 11) is 0. The van der Waals surface area contributed by atoms with Crippen molar-refractivity contribution in [2.75, 3.05) is 13.2 Å². The average molecular weight is 468 g/mol. The van der Waals surface area contributed by atoms with Crippen LogP contribution >= 0.6 is 0 Å². The van der Waals surface area contributed by atoms with E-state index in [1.54, 1.807) is 0 Å². The summed E-state index contributed by atoms with van der Waals surface area (Å²) in [5.41, 5.74) is 0.167. The molecule has 33 heavy (non-hydrogen) atoms. The molecule has 0 bridgehead atoms. The molecule has 182 valence electrons. The second-order valence-electron chi connectivity index (χ2n) is 6.53. The van der Waals surface area contributed by atoms with E-state index in [4.69, 9.17) is 30.6 Å². The number of carboxylic acid groups (broad SMARTS) is 4. The monoisotopic (exact) mass is 468 g/mol. The van der Waals surface area contributed by atoms with Gasteiger partial charge in [-0.1, -0.05) is 25.7 Å². The molecule has 0 saturated carbocycles. The lowest BCUT2D eigenvalue weighted by Crippen LogP contribution is -1.99. The van der Waals surface area contributed by atoms with Crippen LogP contribution in [-0.2, 0) is 0 Å². The Labute approximate surface area is 189 Å². The van der Waals surface area contributed by atoms with Gasteiger partial charge in [0.25, 0.3) is 0 Å². The van der Waals surface area contributed by atoms with Crippen LogP contribution in [0.4, 0.5) is 0 Å². The second-order valence-corrected chi connectivity index (χ2v) is 6.53. The zero-order chi connectivity index (χ0) is 25.2. The predicted molar refractivity (Wildman–Crippen MR) is 115 cm³/mol. The molecule has 0 amide bonds. The SMILES string of the molecule is O=C(O)c1ccc(C(=O)O)cc1.O=C(O)c1ccc(C(=O)O)o1.OCCCCCCCCO. The van der Waals surface area contributed by atoms with Gasteiger partial charge in [-0.2, -0.15) is 0 Å². The molecule has 1 aromatic carbocycles. The Morgan fingerprint density at radius 2 is 0.818 bits per heavy atom. The number of furan rings is 1. The normalized spacial score (nSPS) is 9.64. The van der Waals surface area contributed by atoms with Gasteiger partial charge >= 0.3 is 23.9 Å². The number of hydrogen-bond acceptors (Lipinski definition) is 7. The first-order valence-electron chi connectivity index (χ1n) is 9.98. The topological polar surface area (TPSA) is 203 Å². The molecule has 0 saturated heterocycles. The molecule has 2 aromatic rings. The molecule has 0 unspecified atom stereocenters. The molecule has 0 aliphatic carbocycles. The summed E-state index contributed by atoms with van der Waals surface area (Å²) in [6.07, 6.45) is 6.50. The minimum absolute atomic E-state index is 0.0833. The summed E-state index contributed by atoms with van der Waals surface area (Å²) in [5, 5.41) is 50.4. The van der Waals surface area contributed by atoms with Crippen molar-refractivity contribution in [3.8, 4) is 0 Å². The van der Waals surface area contributed by atoms with E-state index in [1.165, 1.54) is 37.1 Å². The van der Waals surface area contributed by atoms with E-state index in [9.17, 15) is 19.2 Å². The molecule has 1 heterocycles. The highest BCUT2D eigenvalue weighted by Crippen LogP contribution is 2.07. The van der Waals surface area contributed by atoms with Crippen LogP contribution in [0.3, 0.4) is 0 Å². The highest BCUT2D eigenvalue weighted by Gasteiger charge is 2.12. The minimum atomic E-state index is -1.28. The predicted octanol–water partition coefficient (Wildman–Crippen LogP) is 3.07. The fraction of sp³-hybridized carbons (Fsp3) is 0.364. The Balaban J connectivity index is 0.000000468. The summed E-state index contributed by atoms with van der Waals surface area (Å²) in [6, 6.07) is 7.20. The van der Waals surface area contributed by atoms with E-state index in [2.05, 4.69) is 4.42 Å². The van der Waals surface area contributed by atoms with Gasteiger partial charge in [0, 0.05) is 13.2 Å². The van der Waals surface area contributed by atoms with Gasteiger partial charge < -0.3 is 35.1 Å². The number of aliphatic hydroxyl groups is 2. The molecule has 2 rings (SSSR count). The summed E-state index contributed by atoms with van der Waals surface area (Å²) in [5.74, 6) is -5.43. The van der Waals surface area contributed by atoms with Crippen molar-refractivity contribution in [3.05, 3.63) is 59.0 Å². The number of hydrogen-bond donors (Lipinski definition) is 6.